The van der Waals surface area contributed by atoms with Gasteiger partial charge in [-0.25, -0.2) is 8.78 Å². The Bertz CT molecular complexity index is 560. The Labute approximate surface area is 128 Å². The molecule has 0 aliphatic heterocycles. The third-order valence-electron chi connectivity index (χ3n) is 3.17. The van der Waals surface area contributed by atoms with E-state index in [4.69, 9.17) is 0 Å². The van der Waals surface area contributed by atoms with Crippen LogP contribution in [-0.2, 0) is 6.42 Å². The van der Waals surface area contributed by atoms with E-state index in [1.54, 1.807) is 11.8 Å². The summed E-state index contributed by atoms with van der Waals surface area (Å²) >= 11 is 1.74. The topological polar surface area (TPSA) is 12.0 Å². The van der Waals surface area contributed by atoms with Gasteiger partial charge in [0.05, 0.1) is 0 Å². The lowest BCUT2D eigenvalue weighted by Crippen LogP contribution is -2.33. The van der Waals surface area contributed by atoms with Crippen LogP contribution in [0.3, 0.4) is 0 Å². The summed E-state index contributed by atoms with van der Waals surface area (Å²) in [6, 6.07) is 14.1. The van der Waals surface area contributed by atoms with E-state index in [0.717, 1.165) is 18.4 Å². The Morgan fingerprint density at radius 3 is 2.52 bits per heavy atom. The van der Waals surface area contributed by atoms with Gasteiger partial charge in [-0.15, -0.1) is 11.8 Å². The summed E-state index contributed by atoms with van der Waals surface area (Å²) in [7, 11) is 0. The zero-order valence-corrected chi connectivity index (χ0v) is 12.8. The van der Waals surface area contributed by atoms with Gasteiger partial charge in [0, 0.05) is 22.8 Å². The van der Waals surface area contributed by atoms with Crippen LogP contribution in [0.1, 0.15) is 12.5 Å². The smallest absolute Gasteiger partial charge is 0.129 e. The normalized spacial score (nSPS) is 12.3. The summed E-state index contributed by atoms with van der Waals surface area (Å²) in [6.45, 7) is 2.85. The molecule has 1 nitrogen and oxygen atoms in total. The monoisotopic (exact) mass is 307 g/mol. The van der Waals surface area contributed by atoms with Gasteiger partial charge in [-0.1, -0.05) is 31.2 Å². The molecule has 4 heteroatoms. The van der Waals surface area contributed by atoms with Gasteiger partial charge >= 0.3 is 0 Å². The van der Waals surface area contributed by atoms with E-state index >= 15 is 0 Å². The van der Waals surface area contributed by atoms with Crippen molar-refractivity contribution in [2.45, 2.75) is 24.3 Å². The lowest BCUT2D eigenvalue weighted by molar-refractivity contribution is 0.535. The Hall–Kier alpha value is -1.39. The van der Waals surface area contributed by atoms with Gasteiger partial charge < -0.3 is 5.32 Å². The maximum Gasteiger partial charge on any atom is 0.129 e. The molecule has 112 valence electrons. The predicted molar refractivity (Wildman–Crippen MR) is 84.7 cm³/mol. The standard InChI is InChI=1S/C17H19F2NS/c1-2-20-15(12-21-16-6-4-3-5-7-16)10-13-8-9-14(18)11-17(13)19/h3-9,11,15,20H,2,10,12H2,1H3. The SMILES string of the molecule is CCNC(CSc1ccccc1)Cc1ccc(F)cc1F. The zero-order valence-electron chi connectivity index (χ0n) is 12.0. The predicted octanol–water partition coefficient (Wildman–Crippen LogP) is 4.28. The van der Waals surface area contributed by atoms with E-state index in [0.29, 0.717) is 12.0 Å². The number of nitrogens with one attached hydrogen (secondary N) is 1. The van der Waals surface area contributed by atoms with Gasteiger partial charge in [0.1, 0.15) is 11.6 Å². The molecule has 0 saturated carbocycles. The van der Waals surface area contributed by atoms with Gasteiger partial charge in [0.2, 0.25) is 0 Å². The number of halogens is 2. The first-order valence-electron chi connectivity index (χ1n) is 7.04. The molecule has 1 N–H and O–H groups in total. The van der Waals surface area contributed by atoms with Crippen molar-refractivity contribution in [2.24, 2.45) is 0 Å². The van der Waals surface area contributed by atoms with Crippen LogP contribution >= 0.6 is 11.8 Å². The third-order valence-corrected chi connectivity index (χ3v) is 4.34. The van der Waals surface area contributed by atoms with E-state index in [2.05, 4.69) is 17.4 Å². The number of thioether (sulfide) groups is 1. The Kier molecular flexibility index (Phi) is 6.21. The van der Waals surface area contributed by atoms with Crippen LogP contribution in [-0.4, -0.2) is 18.3 Å². The average Bonchev–Trinajstić information content (AvgIpc) is 2.49. The van der Waals surface area contributed by atoms with E-state index in [9.17, 15) is 8.78 Å². The van der Waals surface area contributed by atoms with Crippen molar-refractivity contribution < 1.29 is 8.78 Å². The van der Waals surface area contributed by atoms with Crippen molar-refractivity contribution in [3.63, 3.8) is 0 Å². The minimum atomic E-state index is -0.532. The van der Waals surface area contributed by atoms with Gasteiger partial charge in [-0.3, -0.25) is 0 Å². The van der Waals surface area contributed by atoms with Crippen molar-refractivity contribution in [3.8, 4) is 0 Å². The number of rotatable bonds is 7. The summed E-state index contributed by atoms with van der Waals surface area (Å²) in [6.07, 6.45) is 0.555. The summed E-state index contributed by atoms with van der Waals surface area (Å²) in [5.74, 6) is -0.160. The van der Waals surface area contributed by atoms with Gasteiger partial charge in [0.25, 0.3) is 0 Å². The zero-order chi connectivity index (χ0) is 15.1. The summed E-state index contributed by atoms with van der Waals surface area (Å²) in [5.41, 5.74) is 0.552. The molecule has 1 unspecified atom stereocenters. The largest absolute Gasteiger partial charge is 0.313 e. The van der Waals surface area contributed by atoms with Crippen molar-refractivity contribution in [1.82, 2.24) is 5.32 Å². The maximum absolute atomic E-state index is 13.7. The lowest BCUT2D eigenvalue weighted by atomic mass is 10.1. The highest BCUT2D eigenvalue weighted by atomic mass is 32.2. The minimum absolute atomic E-state index is 0.153. The van der Waals surface area contributed by atoms with Crippen LogP contribution in [0.4, 0.5) is 8.78 Å². The molecule has 0 heterocycles. The van der Waals surface area contributed by atoms with Gasteiger partial charge in [0.15, 0.2) is 0 Å². The van der Waals surface area contributed by atoms with Crippen LogP contribution in [0.15, 0.2) is 53.4 Å². The molecule has 21 heavy (non-hydrogen) atoms. The average molecular weight is 307 g/mol. The van der Waals surface area contributed by atoms with Crippen molar-refractivity contribution in [2.75, 3.05) is 12.3 Å². The fraction of sp³-hybridized carbons (Fsp3) is 0.294. The highest BCUT2D eigenvalue weighted by molar-refractivity contribution is 7.99. The molecule has 0 spiro atoms. The van der Waals surface area contributed by atoms with Crippen LogP contribution in [0.5, 0.6) is 0 Å². The van der Waals surface area contributed by atoms with Crippen LogP contribution in [0.25, 0.3) is 0 Å². The second kappa shape index (κ2) is 8.15. The highest BCUT2D eigenvalue weighted by Gasteiger charge is 2.12. The van der Waals surface area contributed by atoms with Gasteiger partial charge in [-0.05, 0) is 36.7 Å². The number of likely N-dealkylation sites (N-methyl/N-ethyl adjacent to an activating group) is 1. The number of hydrogen-bond acceptors (Lipinski definition) is 2. The molecule has 0 radical (unpaired) electrons. The van der Waals surface area contributed by atoms with E-state index in [1.165, 1.54) is 17.0 Å². The quantitative estimate of drug-likeness (QED) is 0.766. The summed E-state index contributed by atoms with van der Waals surface area (Å²) < 4.78 is 26.7. The molecule has 0 aliphatic rings. The first kappa shape index (κ1) is 16.0. The lowest BCUT2D eigenvalue weighted by Gasteiger charge is -2.18. The molecule has 0 saturated heterocycles. The van der Waals surface area contributed by atoms with Crippen LogP contribution in [0.2, 0.25) is 0 Å². The first-order chi connectivity index (χ1) is 10.2. The fourth-order valence-electron chi connectivity index (χ4n) is 2.14. The molecule has 0 amide bonds. The second-order valence-corrected chi connectivity index (χ2v) is 5.91. The molecule has 0 aliphatic carbocycles. The van der Waals surface area contributed by atoms with E-state index in [1.807, 2.05) is 25.1 Å². The molecular formula is C17H19F2NS. The molecular weight excluding hydrogens is 288 g/mol. The highest BCUT2D eigenvalue weighted by Crippen LogP contribution is 2.20. The second-order valence-electron chi connectivity index (χ2n) is 4.82. The molecule has 0 fully saturated rings. The molecule has 0 aromatic heterocycles. The summed E-state index contributed by atoms with van der Waals surface area (Å²) in [4.78, 5) is 1.19. The van der Waals surface area contributed by atoms with E-state index < -0.39 is 11.6 Å². The minimum Gasteiger partial charge on any atom is -0.313 e. The maximum atomic E-state index is 13.7. The Morgan fingerprint density at radius 2 is 1.86 bits per heavy atom. The molecule has 2 aromatic carbocycles. The van der Waals surface area contributed by atoms with Crippen LogP contribution < -0.4 is 5.32 Å². The Balaban J connectivity index is 1.98. The van der Waals surface area contributed by atoms with Crippen molar-refractivity contribution >= 4 is 11.8 Å². The van der Waals surface area contributed by atoms with Crippen molar-refractivity contribution in [3.05, 3.63) is 65.7 Å². The van der Waals surface area contributed by atoms with Crippen LogP contribution in [0, 0.1) is 11.6 Å². The fourth-order valence-corrected chi connectivity index (χ4v) is 3.12. The van der Waals surface area contributed by atoms with Crippen molar-refractivity contribution in [1.29, 1.82) is 0 Å². The number of hydrogen-bond donors (Lipinski definition) is 1. The molecule has 1 atom stereocenters. The summed E-state index contributed by atoms with van der Waals surface area (Å²) in [5, 5.41) is 3.36. The third kappa shape index (κ3) is 5.14. The molecule has 0 bridgehead atoms. The Morgan fingerprint density at radius 1 is 1.10 bits per heavy atom. The molecule has 2 rings (SSSR count). The van der Waals surface area contributed by atoms with E-state index in [-0.39, 0.29) is 6.04 Å². The van der Waals surface area contributed by atoms with Gasteiger partial charge in [-0.2, -0.15) is 0 Å². The first-order valence-corrected chi connectivity index (χ1v) is 8.02. The molecule has 2 aromatic rings. The number of benzene rings is 2.